The summed E-state index contributed by atoms with van der Waals surface area (Å²) in [5.41, 5.74) is 14.6. The summed E-state index contributed by atoms with van der Waals surface area (Å²) in [6, 6.07) is 72.0. The number of aromatic nitrogens is 3. The molecule has 0 spiro atoms. The van der Waals surface area contributed by atoms with Crippen molar-refractivity contribution < 1.29 is 0 Å². The van der Waals surface area contributed by atoms with Crippen LogP contribution >= 0.6 is 0 Å². The summed E-state index contributed by atoms with van der Waals surface area (Å²) in [6.07, 6.45) is 0. The summed E-state index contributed by atoms with van der Waals surface area (Å²) in [5, 5.41) is 3.43. The summed E-state index contributed by atoms with van der Waals surface area (Å²) in [4.78, 5) is 10.7. The minimum atomic E-state index is -0.482. The molecule has 0 bridgehead atoms. The molecule has 0 radical (unpaired) electrons. The van der Waals surface area contributed by atoms with Crippen LogP contribution in [-0.2, 0) is 5.41 Å². The van der Waals surface area contributed by atoms with Crippen LogP contribution in [0.15, 0.2) is 200 Å². The molecule has 1 aliphatic carbocycles. The zero-order valence-corrected chi connectivity index (χ0v) is 29.4. The van der Waals surface area contributed by atoms with Gasteiger partial charge >= 0.3 is 0 Å². The van der Waals surface area contributed by atoms with E-state index in [1.54, 1.807) is 0 Å². The molecule has 3 heteroatoms. The normalized spacial score (nSPS) is 13.0. The van der Waals surface area contributed by atoms with Gasteiger partial charge in [-0.1, -0.05) is 182 Å². The van der Waals surface area contributed by atoms with Gasteiger partial charge in [0.25, 0.3) is 0 Å². The van der Waals surface area contributed by atoms with E-state index in [0.717, 1.165) is 33.2 Å². The summed E-state index contributed by atoms with van der Waals surface area (Å²) in [6.45, 7) is 0. The van der Waals surface area contributed by atoms with Gasteiger partial charge in [-0.2, -0.15) is 0 Å². The Morgan fingerprint density at radius 3 is 1.70 bits per heavy atom. The highest BCUT2D eigenvalue weighted by atomic mass is 15.2. The molecule has 54 heavy (non-hydrogen) atoms. The van der Waals surface area contributed by atoms with Gasteiger partial charge in [-0.05, 0) is 62.7 Å². The van der Waals surface area contributed by atoms with Crippen LogP contribution < -0.4 is 0 Å². The van der Waals surface area contributed by atoms with Crippen molar-refractivity contribution in [2.45, 2.75) is 5.41 Å². The molecule has 2 heterocycles. The molecule has 3 nitrogen and oxygen atoms in total. The molecular formula is C51H33N3. The largest absolute Gasteiger partial charge is 0.278 e. The maximum absolute atomic E-state index is 5.43. The molecule has 1 aliphatic rings. The van der Waals surface area contributed by atoms with Gasteiger partial charge in [0, 0.05) is 21.7 Å². The fourth-order valence-electron chi connectivity index (χ4n) is 9.04. The second kappa shape index (κ2) is 12.0. The van der Waals surface area contributed by atoms with E-state index in [1.807, 2.05) is 0 Å². The first-order valence-electron chi connectivity index (χ1n) is 18.5. The second-order valence-corrected chi connectivity index (χ2v) is 14.1. The zero-order chi connectivity index (χ0) is 35.6. The average molecular weight is 688 g/mol. The van der Waals surface area contributed by atoms with Gasteiger partial charge in [0.15, 0.2) is 0 Å². The standard InChI is InChI=1S/C51H33N3/c1-4-16-34(17-5-1)35-28-30-36(31-29-35)49-40-23-11-14-26-44(40)52-50(53-49)54-45-27-15-12-24-41(45)48-46(54)33-32-43-47(48)39-22-10-13-25-42(39)51(43,37-18-6-2-7-19-37)38-20-8-3-9-21-38/h1-33H. The molecule has 10 aromatic rings. The molecule has 0 N–H and O–H groups in total. The van der Waals surface area contributed by atoms with Crippen molar-refractivity contribution in [1.82, 2.24) is 14.5 Å². The number of hydrogen-bond acceptors (Lipinski definition) is 2. The van der Waals surface area contributed by atoms with Crippen LogP contribution in [0.2, 0.25) is 0 Å². The highest BCUT2D eigenvalue weighted by Gasteiger charge is 2.47. The molecule has 11 rings (SSSR count). The number of hydrogen-bond donors (Lipinski definition) is 0. The Bertz CT molecular complexity index is 2980. The van der Waals surface area contributed by atoms with Gasteiger partial charge in [0.1, 0.15) is 0 Å². The Kier molecular flexibility index (Phi) is 6.77. The van der Waals surface area contributed by atoms with Crippen molar-refractivity contribution in [2.24, 2.45) is 0 Å². The van der Waals surface area contributed by atoms with Crippen LogP contribution in [0.4, 0.5) is 0 Å². The van der Waals surface area contributed by atoms with E-state index in [9.17, 15) is 0 Å². The minimum Gasteiger partial charge on any atom is -0.278 e. The summed E-state index contributed by atoms with van der Waals surface area (Å²) in [7, 11) is 0. The second-order valence-electron chi connectivity index (χ2n) is 14.1. The summed E-state index contributed by atoms with van der Waals surface area (Å²) in [5.74, 6) is 0.658. The van der Waals surface area contributed by atoms with Gasteiger partial charge in [0.05, 0.1) is 27.7 Å². The lowest BCUT2D eigenvalue weighted by atomic mass is 9.67. The average Bonchev–Trinajstić information content (AvgIpc) is 3.75. The molecule has 2 aromatic heterocycles. The molecular weight excluding hydrogens is 655 g/mol. The first-order chi connectivity index (χ1) is 26.8. The molecule has 0 amide bonds. The van der Waals surface area contributed by atoms with Crippen LogP contribution in [0.5, 0.6) is 0 Å². The third kappa shape index (κ3) is 4.36. The van der Waals surface area contributed by atoms with Crippen LogP contribution in [0, 0.1) is 0 Å². The SMILES string of the molecule is c1ccc(-c2ccc(-c3nc(-n4c5ccccc5c5c6c(ccc54)C(c4ccccc4)(c4ccccc4)c4ccccc4-6)nc4ccccc34)cc2)cc1. The number of nitrogens with zero attached hydrogens (tertiary/aromatic N) is 3. The van der Waals surface area contributed by atoms with E-state index in [1.165, 1.54) is 55.3 Å². The van der Waals surface area contributed by atoms with Gasteiger partial charge in [-0.25, -0.2) is 9.97 Å². The zero-order valence-electron chi connectivity index (χ0n) is 29.4. The third-order valence-electron chi connectivity index (χ3n) is 11.3. The van der Waals surface area contributed by atoms with Crippen molar-refractivity contribution in [3.63, 3.8) is 0 Å². The van der Waals surface area contributed by atoms with Crippen molar-refractivity contribution in [2.75, 3.05) is 0 Å². The third-order valence-corrected chi connectivity index (χ3v) is 11.3. The Morgan fingerprint density at radius 2 is 0.963 bits per heavy atom. The van der Waals surface area contributed by atoms with Crippen LogP contribution in [0.25, 0.3) is 72.2 Å². The van der Waals surface area contributed by atoms with Crippen molar-refractivity contribution in [3.8, 4) is 39.5 Å². The first kappa shape index (κ1) is 30.5. The Hall–Kier alpha value is -7.10. The number of benzene rings is 8. The van der Waals surface area contributed by atoms with Gasteiger partial charge in [0.2, 0.25) is 5.95 Å². The molecule has 0 aliphatic heterocycles. The van der Waals surface area contributed by atoms with Gasteiger partial charge in [-0.15, -0.1) is 0 Å². The van der Waals surface area contributed by atoms with Crippen LogP contribution in [0.1, 0.15) is 22.3 Å². The maximum atomic E-state index is 5.43. The highest BCUT2D eigenvalue weighted by molar-refractivity contribution is 6.18. The van der Waals surface area contributed by atoms with E-state index in [4.69, 9.17) is 9.97 Å². The lowest BCUT2D eigenvalue weighted by Crippen LogP contribution is -2.28. The van der Waals surface area contributed by atoms with Crippen molar-refractivity contribution in [1.29, 1.82) is 0 Å². The predicted octanol–water partition coefficient (Wildman–Crippen LogP) is 12.4. The van der Waals surface area contributed by atoms with E-state index < -0.39 is 5.41 Å². The van der Waals surface area contributed by atoms with Crippen LogP contribution in [-0.4, -0.2) is 14.5 Å². The van der Waals surface area contributed by atoms with E-state index >= 15 is 0 Å². The lowest BCUT2D eigenvalue weighted by Gasteiger charge is -2.33. The smallest absolute Gasteiger partial charge is 0.235 e. The summed E-state index contributed by atoms with van der Waals surface area (Å²) >= 11 is 0. The predicted molar refractivity (Wildman–Crippen MR) is 222 cm³/mol. The van der Waals surface area contributed by atoms with Gasteiger partial charge < -0.3 is 0 Å². The topological polar surface area (TPSA) is 30.7 Å². The highest BCUT2D eigenvalue weighted by Crippen LogP contribution is 2.58. The Labute approximate surface area is 313 Å². The molecule has 0 fully saturated rings. The lowest BCUT2D eigenvalue weighted by molar-refractivity contribution is 0.769. The van der Waals surface area contributed by atoms with Gasteiger partial charge in [-0.3, -0.25) is 4.57 Å². The number of fused-ring (bicyclic) bond motifs is 8. The quantitative estimate of drug-likeness (QED) is 0.180. The molecule has 0 saturated heterocycles. The summed E-state index contributed by atoms with van der Waals surface area (Å²) < 4.78 is 2.27. The number of rotatable bonds is 5. The van der Waals surface area contributed by atoms with Crippen molar-refractivity contribution in [3.05, 3.63) is 222 Å². The Balaban J connectivity index is 1.20. The van der Waals surface area contributed by atoms with E-state index in [2.05, 4.69) is 205 Å². The van der Waals surface area contributed by atoms with E-state index in [-0.39, 0.29) is 0 Å². The molecule has 0 unspecified atom stereocenters. The monoisotopic (exact) mass is 687 g/mol. The van der Waals surface area contributed by atoms with E-state index in [0.29, 0.717) is 5.95 Å². The Morgan fingerprint density at radius 1 is 0.389 bits per heavy atom. The maximum Gasteiger partial charge on any atom is 0.235 e. The van der Waals surface area contributed by atoms with Crippen LogP contribution in [0.3, 0.4) is 0 Å². The minimum absolute atomic E-state index is 0.482. The first-order valence-corrected chi connectivity index (χ1v) is 18.5. The molecule has 0 atom stereocenters. The molecule has 8 aromatic carbocycles. The molecule has 252 valence electrons. The fraction of sp³-hybridized carbons (Fsp3) is 0.0196. The van der Waals surface area contributed by atoms with Crippen molar-refractivity contribution >= 4 is 32.7 Å². The molecule has 0 saturated carbocycles. The number of para-hydroxylation sites is 2. The fourth-order valence-corrected chi connectivity index (χ4v) is 9.04.